The SMILES string of the molecule is N=C1SCCN1CC(=O)c1ccc(O)cc1. The first-order chi connectivity index (χ1) is 7.66. The van der Waals surface area contributed by atoms with Crippen molar-refractivity contribution in [2.24, 2.45) is 0 Å². The van der Waals surface area contributed by atoms with Crippen molar-refractivity contribution in [3.05, 3.63) is 29.8 Å². The van der Waals surface area contributed by atoms with Crippen LogP contribution in [0, 0.1) is 5.41 Å². The molecule has 1 aliphatic heterocycles. The van der Waals surface area contributed by atoms with Gasteiger partial charge in [-0.05, 0) is 24.3 Å². The molecule has 1 heterocycles. The molecule has 0 radical (unpaired) electrons. The molecule has 2 rings (SSSR count). The summed E-state index contributed by atoms with van der Waals surface area (Å²) in [7, 11) is 0. The Hall–Kier alpha value is -1.49. The average molecular weight is 236 g/mol. The number of nitrogens with zero attached hydrogens (tertiary/aromatic N) is 1. The van der Waals surface area contributed by atoms with E-state index in [1.807, 2.05) is 0 Å². The maximum absolute atomic E-state index is 11.8. The van der Waals surface area contributed by atoms with Gasteiger partial charge in [0.2, 0.25) is 0 Å². The van der Waals surface area contributed by atoms with E-state index in [0.29, 0.717) is 10.7 Å². The van der Waals surface area contributed by atoms with Crippen molar-refractivity contribution in [3.8, 4) is 5.75 Å². The number of nitrogens with one attached hydrogen (secondary N) is 1. The van der Waals surface area contributed by atoms with E-state index < -0.39 is 0 Å². The molecular formula is C11H12N2O2S. The number of aromatic hydroxyl groups is 1. The number of thioether (sulfide) groups is 1. The van der Waals surface area contributed by atoms with Gasteiger partial charge in [-0.25, -0.2) is 0 Å². The van der Waals surface area contributed by atoms with Gasteiger partial charge in [0, 0.05) is 17.9 Å². The van der Waals surface area contributed by atoms with Crippen LogP contribution in [-0.4, -0.2) is 39.8 Å². The molecule has 0 amide bonds. The number of hydrogen-bond donors (Lipinski definition) is 2. The third kappa shape index (κ3) is 2.36. The highest BCUT2D eigenvalue weighted by molar-refractivity contribution is 8.14. The summed E-state index contributed by atoms with van der Waals surface area (Å²) in [6, 6.07) is 6.20. The number of rotatable bonds is 3. The molecule has 0 bridgehead atoms. The molecule has 1 aliphatic rings. The van der Waals surface area contributed by atoms with Crippen LogP contribution in [0.1, 0.15) is 10.4 Å². The van der Waals surface area contributed by atoms with Crippen LogP contribution in [0.25, 0.3) is 0 Å². The van der Waals surface area contributed by atoms with Crippen LogP contribution in [0.15, 0.2) is 24.3 Å². The molecule has 0 atom stereocenters. The fourth-order valence-electron chi connectivity index (χ4n) is 1.51. The number of phenolic OH excluding ortho intramolecular Hbond substituents is 1. The van der Waals surface area contributed by atoms with Gasteiger partial charge in [-0.2, -0.15) is 0 Å². The minimum atomic E-state index is -0.0211. The van der Waals surface area contributed by atoms with Crippen LogP contribution >= 0.6 is 11.8 Å². The average Bonchev–Trinajstić information content (AvgIpc) is 2.65. The maximum atomic E-state index is 11.8. The molecular weight excluding hydrogens is 224 g/mol. The Balaban J connectivity index is 2.02. The molecule has 1 aromatic carbocycles. The number of carbonyl (C=O) groups excluding carboxylic acids is 1. The Kier molecular flexibility index (Phi) is 3.14. The van der Waals surface area contributed by atoms with Crippen molar-refractivity contribution < 1.29 is 9.90 Å². The van der Waals surface area contributed by atoms with Gasteiger partial charge in [-0.15, -0.1) is 0 Å². The van der Waals surface area contributed by atoms with E-state index in [0.717, 1.165) is 12.3 Å². The van der Waals surface area contributed by atoms with Gasteiger partial charge >= 0.3 is 0 Å². The Morgan fingerprint density at radius 1 is 1.44 bits per heavy atom. The highest BCUT2D eigenvalue weighted by Gasteiger charge is 2.20. The van der Waals surface area contributed by atoms with E-state index in [2.05, 4.69) is 0 Å². The quantitative estimate of drug-likeness (QED) is 0.782. The van der Waals surface area contributed by atoms with E-state index in [1.54, 1.807) is 17.0 Å². The number of hydrogen-bond acceptors (Lipinski definition) is 4. The van der Waals surface area contributed by atoms with Gasteiger partial charge in [0.1, 0.15) is 5.75 Å². The highest BCUT2D eigenvalue weighted by atomic mass is 32.2. The lowest BCUT2D eigenvalue weighted by Crippen LogP contribution is -2.30. The molecule has 2 N–H and O–H groups in total. The summed E-state index contributed by atoms with van der Waals surface area (Å²) >= 11 is 1.46. The van der Waals surface area contributed by atoms with Gasteiger partial charge in [0.15, 0.2) is 11.0 Å². The van der Waals surface area contributed by atoms with Crippen molar-refractivity contribution >= 4 is 22.7 Å². The van der Waals surface area contributed by atoms with Crippen LogP contribution in [0.2, 0.25) is 0 Å². The topological polar surface area (TPSA) is 64.4 Å². The number of benzene rings is 1. The third-order valence-electron chi connectivity index (χ3n) is 2.41. The van der Waals surface area contributed by atoms with Crippen LogP contribution in [0.5, 0.6) is 5.75 Å². The second-order valence-corrected chi connectivity index (χ2v) is 4.63. The predicted octanol–water partition coefficient (Wildman–Crippen LogP) is 1.56. The number of ketones is 1. The first-order valence-electron chi connectivity index (χ1n) is 4.95. The minimum absolute atomic E-state index is 0.0211. The second kappa shape index (κ2) is 4.57. The number of carbonyl (C=O) groups is 1. The molecule has 1 fully saturated rings. The summed E-state index contributed by atoms with van der Waals surface area (Å²) in [5, 5.41) is 17.2. The molecule has 0 unspecified atom stereocenters. The van der Waals surface area contributed by atoms with Gasteiger partial charge in [0.25, 0.3) is 0 Å². The summed E-state index contributed by atoms with van der Waals surface area (Å²) in [6.45, 7) is 1.00. The zero-order valence-corrected chi connectivity index (χ0v) is 9.46. The van der Waals surface area contributed by atoms with Gasteiger partial charge < -0.3 is 10.0 Å². The molecule has 0 spiro atoms. The largest absolute Gasteiger partial charge is 0.508 e. The van der Waals surface area contributed by atoms with Crippen LogP contribution in [0.3, 0.4) is 0 Å². The Labute approximate surface area is 97.8 Å². The Bertz CT molecular complexity index is 416. The fraction of sp³-hybridized carbons (Fsp3) is 0.273. The summed E-state index contributed by atoms with van der Waals surface area (Å²) < 4.78 is 0. The first-order valence-corrected chi connectivity index (χ1v) is 5.94. The zero-order valence-electron chi connectivity index (χ0n) is 8.64. The maximum Gasteiger partial charge on any atom is 0.182 e. The van der Waals surface area contributed by atoms with Crippen molar-refractivity contribution in [2.45, 2.75) is 0 Å². The zero-order chi connectivity index (χ0) is 11.5. The second-order valence-electron chi connectivity index (χ2n) is 3.55. The van der Waals surface area contributed by atoms with Crippen molar-refractivity contribution in [2.75, 3.05) is 18.8 Å². The number of phenols is 1. The van der Waals surface area contributed by atoms with E-state index in [4.69, 9.17) is 10.5 Å². The third-order valence-corrected chi connectivity index (χ3v) is 3.33. The van der Waals surface area contributed by atoms with Gasteiger partial charge in [0.05, 0.1) is 6.54 Å². The summed E-state index contributed by atoms with van der Waals surface area (Å²) in [6.07, 6.45) is 0. The standard InChI is InChI=1S/C11H12N2O2S/c12-11-13(5-6-16-11)7-10(15)8-1-3-9(14)4-2-8/h1-4,12,14H,5-7H2. The van der Waals surface area contributed by atoms with E-state index in [-0.39, 0.29) is 18.1 Å². The molecule has 16 heavy (non-hydrogen) atoms. The first kappa shape index (κ1) is 11.0. The molecule has 0 aliphatic carbocycles. The molecule has 1 aromatic rings. The summed E-state index contributed by atoms with van der Waals surface area (Å²) in [5.74, 6) is 1.01. The van der Waals surface area contributed by atoms with Crippen molar-refractivity contribution in [1.29, 1.82) is 5.41 Å². The van der Waals surface area contributed by atoms with Crippen molar-refractivity contribution in [3.63, 3.8) is 0 Å². The lowest BCUT2D eigenvalue weighted by molar-refractivity contribution is 0.0966. The van der Waals surface area contributed by atoms with Gasteiger partial charge in [-0.1, -0.05) is 11.8 Å². The van der Waals surface area contributed by atoms with Crippen LogP contribution < -0.4 is 0 Å². The summed E-state index contributed by atoms with van der Waals surface area (Å²) in [5.41, 5.74) is 0.572. The van der Waals surface area contributed by atoms with Crippen molar-refractivity contribution in [1.82, 2.24) is 4.90 Å². The van der Waals surface area contributed by atoms with E-state index >= 15 is 0 Å². The predicted molar refractivity (Wildman–Crippen MR) is 64.2 cm³/mol. The lowest BCUT2D eigenvalue weighted by Gasteiger charge is -2.15. The molecule has 0 aromatic heterocycles. The van der Waals surface area contributed by atoms with E-state index in [1.165, 1.54) is 23.9 Å². The minimum Gasteiger partial charge on any atom is -0.508 e. The Morgan fingerprint density at radius 3 is 2.69 bits per heavy atom. The smallest absolute Gasteiger partial charge is 0.182 e. The molecule has 84 valence electrons. The highest BCUT2D eigenvalue weighted by Crippen LogP contribution is 2.17. The summed E-state index contributed by atoms with van der Waals surface area (Å²) in [4.78, 5) is 13.6. The molecule has 5 heteroatoms. The van der Waals surface area contributed by atoms with Gasteiger partial charge in [-0.3, -0.25) is 10.2 Å². The normalized spacial score (nSPS) is 15.5. The Morgan fingerprint density at radius 2 is 2.12 bits per heavy atom. The molecule has 1 saturated heterocycles. The number of Topliss-reactive ketones (excluding diaryl/α,β-unsaturated/α-hetero) is 1. The number of amidine groups is 1. The monoisotopic (exact) mass is 236 g/mol. The fourth-order valence-corrected chi connectivity index (χ4v) is 2.35. The van der Waals surface area contributed by atoms with Crippen LogP contribution in [-0.2, 0) is 0 Å². The molecule has 4 nitrogen and oxygen atoms in total. The lowest BCUT2D eigenvalue weighted by atomic mass is 10.1. The van der Waals surface area contributed by atoms with Crippen LogP contribution in [0.4, 0.5) is 0 Å². The van der Waals surface area contributed by atoms with E-state index in [9.17, 15) is 4.79 Å². The molecule has 0 saturated carbocycles.